The lowest BCUT2D eigenvalue weighted by Crippen LogP contribution is -2.35. The maximum Gasteiger partial charge on any atom is 0.163 e. The van der Waals surface area contributed by atoms with Crippen molar-refractivity contribution < 1.29 is 9.90 Å². The van der Waals surface area contributed by atoms with Gasteiger partial charge in [0.05, 0.1) is 6.10 Å². The van der Waals surface area contributed by atoms with E-state index in [9.17, 15) is 9.90 Å². The molecule has 0 amide bonds. The summed E-state index contributed by atoms with van der Waals surface area (Å²) in [5.74, 6) is 0.692. The molecule has 0 spiro atoms. The van der Waals surface area contributed by atoms with Crippen LogP contribution in [0.4, 0.5) is 0 Å². The predicted molar refractivity (Wildman–Crippen MR) is 93.2 cm³/mol. The van der Waals surface area contributed by atoms with E-state index in [-0.39, 0.29) is 17.2 Å². The van der Waals surface area contributed by atoms with Crippen molar-refractivity contribution >= 4 is 5.78 Å². The Hall–Kier alpha value is -1.55. The summed E-state index contributed by atoms with van der Waals surface area (Å²) in [6, 6.07) is 4.11. The zero-order chi connectivity index (χ0) is 17.2. The number of Topliss-reactive ketones (excluding diaryl/α,β-unsaturated/α-hetero) is 1. The molecular weight excluding hydrogens is 288 g/mol. The highest BCUT2D eigenvalue weighted by Crippen LogP contribution is 2.34. The third-order valence-corrected chi connectivity index (χ3v) is 4.13. The Bertz CT molecular complexity index is 578. The van der Waals surface area contributed by atoms with Crippen LogP contribution in [-0.4, -0.2) is 27.1 Å². The van der Waals surface area contributed by atoms with E-state index in [1.54, 1.807) is 6.20 Å². The fourth-order valence-corrected chi connectivity index (χ4v) is 3.06. The molecular formula is C19H30N2O2. The number of ketones is 1. The lowest BCUT2D eigenvalue weighted by atomic mass is 9.81. The van der Waals surface area contributed by atoms with Gasteiger partial charge in [-0.05, 0) is 45.2 Å². The minimum absolute atomic E-state index is 0.0443. The SMILES string of the molecule is CC(C)Cn1cccc1C1CC(=O)/C(=C/NC(C)(C)C)C(O)C1. The van der Waals surface area contributed by atoms with Gasteiger partial charge in [-0.1, -0.05) is 13.8 Å². The Morgan fingerprint density at radius 2 is 2.13 bits per heavy atom. The summed E-state index contributed by atoms with van der Waals surface area (Å²) < 4.78 is 2.22. The highest BCUT2D eigenvalue weighted by Gasteiger charge is 2.33. The van der Waals surface area contributed by atoms with Crippen LogP contribution in [0.15, 0.2) is 30.1 Å². The third kappa shape index (κ3) is 4.71. The molecule has 4 nitrogen and oxygen atoms in total. The summed E-state index contributed by atoms with van der Waals surface area (Å²) in [6.07, 6.45) is 4.15. The van der Waals surface area contributed by atoms with Gasteiger partial charge in [0, 0.05) is 48.1 Å². The predicted octanol–water partition coefficient (Wildman–Crippen LogP) is 3.22. The molecule has 1 heterocycles. The average Bonchev–Trinajstić information content (AvgIpc) is 2.83. The minimum Gasteiger partial charge on any atom is -0.388 e. The van der Waals surface area contributed by atoms with Gasteiger partial charge in [0.25, 0.3) is 0 Å². The van der Waals surface area contributed by atoms with E-state index in [1.807, 2.05) is 26.8 Å². The average molecular weight is 318 g/mol. The van der Waals surface area contributed by atoms with Crippen LogP contribution >= 0.6 is 0 Å². The van der Waals surface area contributed by atoms with Gasteiger partial charge in [-0.15, -0.1) is 0 Å². The number of rotatable bonds is 4. The van der Waals surface area contributed by atoms with Crippen molar-refractivity contribution in [2.45, 2.75) is 71.6 Å². The second-order valence-corrected chi connectivity index (χ2v) is 8.05. The fourth-order valence-electron chi connectivity index (χ4n) is 3.06. The molecule has 2 atom stereocenters. The topological polar surface area (TPSA) is 54.3 Å². The highest BCUT2D eigenvalue weighted by molar-refractivity contribution is 5.97. The van der Waals surface area contributed by atoms with Crippen molar-refractivity contribution in [3.8, 4) is 0 Å². The summed E-state index contributed by atoms with van der Waals surface area (Å²) in [6.45, 7) is 11.4. The quantitative estimate of drug-likeness (QED) is 0.838. The number of carbonyl (C=O) groups is 1. The molecule has 0 aromatic carbocycles. The largest absolute Gasteiger partial charge is 0.388 e. The van der Waals surface area contributed by atoms with Gasteiger partial charge in [-0.25, -0.2) is 0 Å². The third-order valence-electron chi connectivity index (χ3n) is 4.13. The van der Waals surface area contributed by atoms with Gasteiger partial charge >= 0.3 is 0 Å². The van der Waals surface area contributed by atoms with E-state index < -0.39 is 6.10 Å². The first-order valence-corrected chi connectivity index (χ1v) is 8.51. The number of nitrogens with zero attached hydrogens (tertiary/aromatic N) is 1. The molecule has 4 heteroatoms. The second-order valence-electron chi connectivity index (χ2n) is 8.05. The molecule has 2 N–H and O–H groups in total. The molecule has 23 heavy (non-hydrogen) atoms. The summed E-state index contributed by atoms with van der Waals surface area (Å²) in [5.41, 5.74) is 1.56. The van der Waals surface area contributed by atoms with E-state index in [1.165, 1.54) is 0 Å². The number of nitrogens with one attached hydrogen (secondary N) is 1. The number of carbonyl (C=O) groups excluding carboxylic acids is 1. The molecule has 2 unspecified atom stereocenters. The summed E-state index contributed by atoms with van der Waals surface area (Å²) in [5, 5.41) is 13.6. The van der Waals surface area contributed by atoms with Crippen molar-refractivity contribution in [1.82, 2.24) is 9.88 Å². The van der Waals surface area contributed by atoms with Crippen LogP contribution in [0.3, 0.4) is 0 Å². The Balaban J connectivity index is 2.13. The zero-order valence-electron chi connectivity index (χ0n) is 15.0. The smallest absolute Gasteiger partial charge is 0.163 e. The molecule has 0 radical (unpaired) electrons. The second kappa shape index (κ2) is 6.91. The molecule has 1 aromatic heterocycles. The van der Waals surface area contributed by atoms with Crippen LogP contribution in [-0.2, 0) is 11.3 Å². The lowest BCUT2D eigenvalue weighted by Gasteiger charge is -2.30. The van der Waals surface area contributed by atoms with E-state index in [4.69, 9.17) is 0 Å². The Kier molecular flexibility index (Phi) is 5.35. The highest BCUT2D eigenvalue weighted by atomic mass is 16.3. The van der Waals surface area contributed by atoms with Gasteiger partial charge in [-0.3, -0.25) is 4.79 Å². The molecule has 128 valence electrons. The summed E-state index contributed by atoms with van der Waals surface area (Å²) in [7, 11) is 0. The van der Waals surface area contributed by atoms with Crippen LogP contribution in [0, 0.1) is 5.92 Å². The van der Waals surface area contributed by atoms with Gasteiger partial charge in [0.2, 0.25) is 0 Å². The van der Waals surface area contributed by atoms with Crippen LogP contribution in [0.5, 0.6) is 0 Å². The molecule has 1 fully saturated rings. The van der Waals surface area contributed by atoms with Crippen molar-refractivity contribution in [2.24, 2.45) is 5.92 Å². The van der Waals surface area contributed by atoms with Crippen molar-refractivity contribution in [3.63, 3.8) is 0 Å². The molecule has 0 aliphatic heterocycles. The van der Waals surface area contributed by atoms with Crippen LogP contribution in [0.2, 0.25) is 0 Å². The zero-order valence-corrected chi connectivity index (χ0v) is 15.0. The van der Waals surface area contributed by atoms with Crippen molar-refractivity contribution in [3.05, 3.63) is 35.8 Å². The number of hydrogen-bond acceptors (Lipinski definition) is 3. The van der Waals surface area contributed by atoms with Crippen molar-refractivity contribution in [1.29, 1.82) is 0 Å². The van der Waals surface area contributed by atoms with E-state index in [0.717, 1.165) is 12.2 Å². The summed E-state index contributed by atoms with van der Waals surface area (Å²) in [4.78, 5) is 12.5. The van der Waals surface area contributed by atoms with E-state index in [2.05, 4.69) is 36.0 Å². The van der Waals surface area contributed by atoms with E-state index in [0.29, 0.717) is 24.3 Å². The molecule has 1 aliphatic rings. The monoisotopic (exact) mass is 318 g/mol. The molecule has 1 saturated carbocycles. The van der Waals surface area contributed by atoms with Gasteiger partial charge in [-0.2, -0.15) is 0 Å². The molecule has 0 saturated heterocycles. The first kappa shape index (κ1) is 17.8. The Morgan fingerprint density at radius 1 is 1.43 bits per heavy atom. The van der Waals surface area contributed by atoms with Crippen molar-refractivity contribution in [2.75, 3.05) is 0 Å². The normalized spacial score (nSPS) is 24.5. The number of aliphatic hydroxyl groups is 1. The van der Waals surface area contributed by atoms with Gasteiger partial charge in [0.15, 0.2) is 5.78 Å². The first-order valence-electron chi connectivity index (χ1n) is 8.51. The first-order chi connectivity index (χ1) is 10.7. The van der Waals surface area contributed by atoms with E-state index >= 15 is 0 Å². The van der Waals surface area contributed by atoms with Crippen LogP contribution in [0.25, 0.3) is 0 Å². The fraction of sp³-hybridized carbons (Fsp3) is 0.632. The van der Waals surface area contributed by atoms with Crippen LogP contribution < -0.4 is 5.32 Å². The van der Waals surface area contributed by atoms with Gasteiger partial charge < -0.3 is 15.0 Å². The minimum atomic E-state index is -0.696. The molecule has 1 aliphatic carbocycles. The standard InChI is InChI=1S/C19H30N2O2/c1-13(2)12-21-8-6-7-16(21)14-9-17(22)15(18(23)10-14)11-20-19(3,4)5/h6-8,11,13-14,17,20,22H,9-10,12H2,1-5H3/b15-11+. The number of hydrogen-bond donors (Lipinski definition) is 2. The molecule has 1 aromatic rings. The van der Waals surface area contributed by atoms with Gasteiger partial charge in [0.1, 0.15) is 0 Å². The number of aliphatic hydroxyl groups excluding tert-OH is 1. The lowest BCUT2D eigenvalue weighted by molar-refractivity contribution is -0.118. The number of aromatic nitrogens is 1. The maximum absolute atomic E-state index is 12.5. The molecule has 0 bridgehead atoms. The summed E-state index contributed by atoms with van der Waals surface area (Å²) >= 11 is 0. The Labute approximate surface area is 139 Å². The molecule has 2 rings (SSSR count). The maximum atomic E-state index is 12.5. The van der Waals surface area contributed by atoms with Crippen LogP contribution in [0.1, 0.15) is 59.1 Å². The Morgan fingerprint density at radius 3 is 2.70 bits per heavy atom.